The van der Waals surface area contributed by atoms with Gasteiger partial charge >= 0.3 is 0 Å². The number of allylic oxidation sites excluding steroid dienone is 6. The Balaban J connectivity index is 1.96. The predicted molar refractivity (Wildman–Crippen MR) is 122 cm³/mol. The van der Waals surface area contributed by atoms with Crippen LogP contribution in [0.3, 0.4) is 0 Å². The van der Waals surface area contributed by atoms with E-state index in [1.165, 1.54) is 25.7 Å². The Morgan fingerprint density at radius 2 is 1.57 bits per heavy atom. The molecule has 1 heterocycles. The summed E-state index contributed by atoms with van der Waals surface area (Å²) in [4.78, 5) is 15.1. The SMILES string of the molecule is CCCCC/C=C\C/C=C\CC1OC1C/C=C\C/C=C\CCC(=O)NC(C)COF. The van der Waals surface area contributed by atoms with Gasteiger partial charge in [-0.25, -0.2) is 0 Å². The number of nitrogens with one attached hydrogen (secondary N) is 1. The molecule has 0 saturated carbocycles. The number of epoxide rings is 1. The molecule has 1 aliphatic heterocycles. The zero-order chi connectivity index (χ0) is 21.9. The molecule has 0 spiro atoms. The molecule has 0 aromatic heterocycles. The number of hydrogen-bond donors (Lipinski definition) is 1. The number of ether oxygens (including phenoxy) is 1. The Bertz CT molecular complexity index is 557. The molecule has 1 rings (SSSR count). The van der Waals surface area contributed by atoms with Crippen molar-refractivity contribution in [3.63, 3.8) is 0 Å². The van der Waals surface area contributed by atoms with Gasteiger partial charge in [-0.2, -0.15) is 4.94 Å². The average Bonchev–Trinajstić information content (AvgIpc) is 3.47. The number of amides is 1. The second kappa shape index (κ2) is 18.1. The Labute approximate surface area is 182 Å². The van der Waals surface area contributed by atoms with E-state index in [0.29, 0.717) is 25.0 Å². The van der Waals surface area contributed by atoms with E-state index in [2.05, 4.69) is 59.7 Å². The first kappa shape index (κ1) is 26.3. The molecule has 0 radical (unpaired) electrons. The van der Waals surface area contributed by atoms with Gasteiger partial charge in [0, 0.05) is 6.42 Å². The molecule has 1 amide bonds. The maximum atomic E-state index is 11.7. The third-order valence-electron chi connectivity index (χ3n) is 4.87. The molecule has 0 aromatic carbocycles. The van der Waals surface area contributed by atoms with E-state index in [4.69, 9.17) is 4.74 Å². The van der Waals surface area contributed by atoms with Crippen molar-refractivity contribution in [2.24, 2.45) is 0 Å². The summed E-state index contributed by atoms with van der Waals surface area (Å²) in [6.07, 6.45) is 28.1. The van der Waals surface area contributed by atoms with E-state index in [0.717, 1.165) is 25.7 Å². The summed E-state index contributed by atoms with van der Waals surface area (Å²) in [7, 11) is 0. The topological polar surface area (TPSA) is 50.9 Å². The van der Waals surface area contributed by atoms with Crippen molar-refractivity contribution in [1.29, 1.82) is 0 Å². The first-order chi connectivity index (χ1) is 14.7. The van der Waals surface area contributed by atoms with Gasteiger partial charge in [0.05, 0.1) is 18.2 Å². The third kappa shape index (κ3) is 15.2. The number of carbonyl (C=O) groups is 1. The first-order valence-electron chi connectivity index (χ1n) is 11.5. The molecule has 1 fully saturated rings. The number of unbranched alkanes of at least 4 members (excludes halogenated alkanes) is 3. The van der Waals surface area contributed by atoms with Crippen LogP contribution in [0.25, 0.3) is 0 Å². The van der Waals surface area contributed by atoms with Gasteiger partial charge in [0.15, 0.2) is 0 Å². The second-order valence-corrected chi connectivity index (χ2v) is 7.82. The van der Waals surface area contributed by atoms with Gasteiger partial charge in [-0.05, 0) is 56.4 Å². The summed E-state index contributed by atoms with van der Waals surface area (Å²) >= 11 is 0. The monoisotopic (exact) mass is 421 g/mol. The minimum absolute atomic E-state index is 0.0892. The lowest BCUT2D eigenvalue weighted by Crippen LogP contribution is -2.35. The van der Waals surface area contributed by atoms with Crippen LogP contribution in [-0.2, 0) is 14.5 Å². The summed E-state index contributed by atoms with van der Waals surface area (Å²) in [5.41, 5.74) is 0. The number of rotatable bonds is 18. The van der Waals surface area contributed by atoms with Crippen molar-refractivity contribution in [1.82, 2.24) is 5.32 Å². The number of hydrogen-bond acceptors (Lipinski definition) is 3. The van der Waals surface area contributed by atoms with E-state index in [1.54, 1.807) is 6.92 Å². The van der Waals surface area contributed by atoms with Crippen molar-refractivity contribution in [2.75, 3.05) is 6.61 Å². The van der Waals surface area contributed by atoms with E-state index < -0.39 is 0 Å². The average molecular weight is 422 g/mol. The van der Waals surface area contributed by atoms with Crippen LogP contribution in [-0.4, -0.2) is 30.8 Å². The quantitative estimate of drug-likeness (QED) is 0.160. The smallest absolute Gasteiger partial charge is 0.220 e. The molecule has 1 N–H and O–H groups in total. The lowest BCUT2D eigenvalue weighted by Gasteiger charge is -2.10. The molecule has 4 nitrogen and oxygen atoms in total. The fourth-order valence-electron chi connectivity index (χ4n) is 3.04. The highest BCUT2D eigenvalue weighted by Gasteiger charge is 2.35. The third-order valence-corrected chi connectivity index (χ3v) is 4.87. The molecular formula is C25H40FNO3. The van der Waals surface area contributed by atoms with Gasteiger partial charge in [-0.1, -0.05) is 68.4 Å². The van der Waals surface area contributed by atoms with Crippen molar-refractivity contribution in [3.8, 4) is 0 Å². The summed E-state index contributed by atoms with van der Waals surface area (Å²) in [6, 6.07) is -0.310. The van der Waals surface area contributed by atoms with Crippen LogP contribution in [0.5, 0.6) is 0 Å². The highest BCUT2D eigenvalue weighted by Crippen LogP contribution is 2.29. The molecule has 1 aliphatic rings. The van der Waals surface area contributed by atoms with E-state index in [-0.39, 0.29) is 18.6 Å². The maximum absolute atomic E-state index is 11.7. The summed E-state index contributed by atoms with van der Waals surface area (Å²) < 4.78 is 17.4. The van der Waals surface area contributed by atoms with Crippen LogP contribution in [0.15, 0.2) is 48.6 Å². The fraction of sp³-hybridized carbons (Fsp3) is 0.640. The van der Waals surface area contributed by atoms with E-state index >= 15 is 0 Å². The molecule has 0 bridgehead atoms. The van der Waals surface area contributed by atoms with Crippen molar-refractivity contribution < 1.29 is 19.0 Å². The highest BCUT2D eigenvalue weighted by molar-refractivity contribution is 5.76. The summed E-state index contributed by atoms with van der Waals surface area (Å²) in [5.74, 6) is -0.0892. The Morgan fingerprint density at radius 1 is 0.967 bits per heavy atom. The number of halogens is 1. The van der Waals surface area contributed by atoms with Gasteiger partial charge in [0.25, 0.3) is 0 Å². The van der Waals surface area contributed by atoms with Crippen molar-refractivity contribution in [2.45, 2.75) is 96.3 Å². The lowest BCUT2D eigenvalue weighted by atomic mass is 10.1. The second-order valence-electron chi connectivity index (χ2n) is 7.82. The lowest BCUT2D eigenvalue weighted by molar-refractivity contribution is -0.141. The van der Waals surface area contributed by atoms with Crippen LogP contribution < -0.4 is 5.32 Å². The molecule has 5 heteroatoms. The standard InChI is InChI=1S/C25H40FNO3/c1-3-4-5-6-7-8-9-12-15-18-23-24(30-23)19-16-13-10-11-14-17-20-25(28)27-22(2)21-29-26/h7-8,11-16,22-24H,3-6,9-10,17-21H2,1-2H3,(H,27,28)/b8-7-,14-11-,15-12-,16-13-. The fourth-order valence-corrected chi connectivity index (χ4v) is 3.04. The molecule has 170 valence electrons. The maximum Gasteiger partial charge on any atom is 0.220 e. The zero-order valence-corrected chi connectivity index (χ0v) is 18.7. The molecule has 30 heavy (non-hydrogen) atoms. The predicted octanol–water partition coefficient (Wildman–Crippen LogP) is 6.31. The van der Waals surface area contributed by atoms with Crippen LogP contribution >= 0.6 is 0 Å². The Kier molecular flexibility index (Phi) is 15.9. The zero-order valence-electron chi connectivity index (χ0n) is 18.7. The highest BCUT2D eigenvalue weighted by atomic mass is 19.3. The first-order valence-corrected chi connectivity index (χ1v) is 11.5. The minimum atomic E-state index is -0.310. The normalized spacial score (nSPS) is 20.1. The molecule has 0 aliphatic carbocycles. The molecule has 3 unspecified atom stereocenters. The van der Waals surface area contributed by atoms with Crippen molar-refractivity contribution in [3.05, 3.63) is 48.6 Å². The molecule has 1 saturated heterocycles. The van der Waals surface area contributed by atoms with Crippen LogP contribution in [0, 0.1) is 0 Å². The Morgan fingerprint density at radius 3 is 2.17 bits per heavy atom. The summed E-state index contributed by atoms with van der Waals surface area (Å²) in [6.45, 7) is 3.82. The Hall–Kier alpha value is -1.72. The van der Waals surface area contributed by atoms with Crippen LogP contribution in [0.4, 0.5) is 4.53 Å². The van der Waals surface area contributed by atoms with Gasteiger partial charge in [-0.3, -0.25) is 4.79 Å². The molecule has 3 atom stereocenters. The van der Waals surface area contributed by atoms with E-state index in [9.17, 15) is 9.32 Å². The van der Waals surface area contributed by atoms with Gasteiger partial charge < -0.3 is 10.1 Å². The van der Waals surface area contributed by atoms with Crippen LogP contribution in [0.1, 0.15) is 78.1 Å². The molecule has 0 aromatic rings. The van der Waals surface area contributed by atoms with Crippen LogP contribution in [0.2, 0.25) is 0 Å². The van der Waals surface area contributed by atoms with E-state index in [1.807, 2.05) is 6.08 Å². The number of carbonyl (C=O) groups excluding carboxylic acids is 1. The van der Waals surface area contributed by atoms with Gasteiger partial charge in [0.2, 0.25) is 5.91 Å². The summed E-state index contributed by atoms with van der Waals surface area (Å²) in [5, 5.41) is 2.68. The largest absolute Gasteiger partial charge is 0.369 e. The van der Waals surface area contributed by atoms with Gasteiger partial charge in [0.1, 0.15) is 6.61 Å². The molecular weight excluding hydrogens is 381 g/mol. The minimum Gasteiger partial charge on any atom is -0.369 e. The van der Waals surface area contributed by atoms with Gasteiger partial charge in [-0.15, -0.1) is 0 Å². The van der Waals surface area contributed by atoms with Crippen molar-refractivity contribution >= 4 is 5.91 Å².